The average Bonchev–Trinajstić information content (AvgIpc) is 2.60. The summed E-state index contributed by atoms with van der Waals surface area (Å²) in [5.41, 5.74) is 0. The second kappa shape index (κ2) is 7.44. The molecule has 24 heavy (non-hydrogen) atoms. The molecule has 0 atom stereocenters. The van der Waals surface area contributed by atoms with E-state index in [0.717, 1.165) is 18.2 Å². The molecule has 0 aromatic heterocycles. The van der Waals surface area contributed by atoms with Gasteiger partial charge in [0.1, 0.15) is 18.1 Å². The summed E-state index contributed by atoms with van der Waals surface area (Å²) in [4.78, 5) is -0.435. The van der Waals surface area contributed by atoms with E-state index in [1.807, 2.05) is 0 Å². The van der Waals surface area contributed by atoms with Crippen LogP contribution < -0.4 is 9.47 Å². The summed E-state index contributed by atoms with van der Waals surface area (Å²) >= 11 is 0. The van der Waals surface area contributed by atoms with Gasteiger partial charge >= 0.3 is 5.25 Å². The Morgan fingerprint density at radius 1 is 1.00 bits per heavy atom. The van der Waals surface area contributed by atoms with Gasteiger partial charge in [0.2, 0.25) is 9.84 Å². The molecule has 2 aromatic carbocycles. The smallest absolute Gasteiger partial charge is 0.368 e. The van der Waals surface area contributed by atoms with Crippen molar-refractivity contribution in [1.82, 2.24) is 0 Å². The first kappa shape index (κ1) is 17.9. The molecular weight excluding hydrogens is 338 g/mol. The van der Waals surface area contributed by atoms with Crippen LogP contribution in [0.15, 0.2) is 71.6 Å². The molecule has 0 heterocycles. The monoisotopic (exact) mass is 354 g/mol. The van der Waals surface area contributed by atoms with Gasteiger partial charge in [0.15, 0.2) is 0 Å². The van der Waals surface area contributed by atoms with Crippen LogP contribution in [0.1, 0.15) is 0 Å². The third-order valence-electron chi connectivity index (χ3n) is 3.13. The summed E-state index contributed by atoms with van der Waals surface area (Å²) in [6.45, 7) is -0.188. The summed E-state index contributed by atoms with van der Waals surface area (Å²) in [6, 6.07) is 13.1. The van der Waals surface area contributed by atoms with E-state index in [4.69, 9.17) is 9.47 Å². The number of halogens is 2. The molecule has 2 aromatic rings. The molecule has 0 saturated carbocycles. The molecule has 0 amide bonds. The van der Waals surface area contributed by atoms with Crippen molar-refractivity contribution in [2.24, 2.45) is 0 Å². The van der Waals surface area contributed by atoms with Crippen molar-refractivity contribution in [3.05, 3.63) is 66.7 Å². The standard InChI is InChI=1S/C17H16F2O4S/c1-22-14-8-10-15(11-9-14)23-13-5-12-17(18,19)24(20,21)16-6-3-2-4-7-16/h2-12H,13H2,1H3/b12-5+. The molecule has 0 fully saturated rings. The van der Waals surface area contributed by atoms with Gasteiger partial charge in [-0.15, -0.1) is 0 Å². The lowest BCUT2D eigenvalue weighted by molar-refractivity contribution is 0.146. The van der Waals surface area contributed by atoms with Gasteiger partial charge in [0, 0.05) is 0 Å². The first-order valence-corrected chi connectivity index (χ1v) is 8.47. The third-order valence-corrected chi connectivity index (χ3v) is 4.87. The van der Waals surface area contributed by atoms with Crippen LogP contribution in [-0.2, 0) is 9.84 Å². The molecule has 0 N–H and O–H groups in total. The molecule has 2 rings (SSSR count). The van der Waals surface area contributed by atoms with E-state index in [9.17, 15) is 17.2 Å². The van der Waals surface area contributed by atoms with Crippen LogP contribution in [0.2, 0.25) is 0 Å². The number of benzene rings is 2. The number of rotatable bonds is 7. The molecule has 0 saturated heterocycles. The van der Waals surface area contributed by atoms with E-state index in [-0.39, 0.29) is 6.61 Å². The number of hydrogen-bond donors (Lipinski definition) is 0. The molecular formula is C17H16F2O4S. The lowest BCUT2D eigenvalue weighted by atomic mass is 10.3. The molecule has 0 bridgehead atoms. The van der Waals surface area contributed by atoms with Crippen LogP contribution in [0.4, 0.5) is 8.78 Å². The SMILES string of the molecule is COc1ccc(OC/C=C/C(F)(F)S(=O)(=O)c2ccccc2)cc1. The number of methoxy groups -OCH3 is 1. The van der Waals surface area contributed by atoms with E-state index in [1.54, 1.807) is 30.3 Å². The summed E-state index contributed by atoms with van der Waals surface area (Å²) in [7, 11) is -3.26. The van der Waals surface area contributed by atoms with Gasteiger partial charge in [0.05, 0.1) is 12.0 Å². The molecule has 0 aliphatic carbocycles. The fourth-order valence-corrected chi connectivity index (χ4v) is 2.95. The lowest BCUT2D eigenvalue weighted by Crippen LogP contribution is -2.26. The van der Waals surface area contributed by atoms with Gasteiger partial charge in [-0.1, -0.05) is 18.2 Å². The Kier molecular flexibility index (Phi) is 5.56. The molecule has 0 aliphatic rings. The van der Waals surface area contributed by atoms with Gasteiger partial charge in [-0.05, 0) is 48.6 Å². The number of hydrogen-bond acceptors (Lipinski definition) is 4. The highest BCUT2D eigenvalue weighted by atomic mass is 32.2. The van der Waals surface area contributed by atoms with Crippen molar-refractivity contribution < 1.29 is 26.7 Å². The normalized spacial score (nSPS) is 12.3. The van der Waals surface area contributed by atoms with E-state index in [0.29, 0.717) is 17.6 Å². The Morgan fingerprint density at radius 3 is 2.17 bits per heavy atom. The van der Waals surface area contributed by atoms with Crippen molar-refractivity contribution >= 4 is 9.84 Å². The Bertz CT molecular complexity index is 785. The van der Waals surface area contributed by atoms with Gasteiger partial charge in [-0.25, -0.2) is 8.42 Å². The maximum Gasteiger partial charge on any atom is 0.368 e. The van der Waals surface area contributed by atoms with Crippen LogP contribution in [0, 0.1) is 0 Å². The fourth-order valence-electron chi connectivity index (χ4n) is 1.85. The summed E-state index contributed by atoms with van der Waals surface area (Å²) in [6.07, 6.45) is 1.31. The fraction of sp³-hybridized carbons (Fsp3) is 0.176. The molecule has 0 spiro atoms. The van der Waals surface area contributed by atoms with E-state index >= 15 is 0 Å². The summed E-state index contributed by atoms with van der Waals surface area (Å²) in [5, 5.41) is -4.02. The first-order chi connectivity index (χ1) is 11.4. The van der Waals surface area contributed by atoms with Crippen LogP contribution in [0.25, 0.3) is 0 Å². The van der Waals surface area contributed by atoms with Gasteiger partial charge < -0.3 is 9.47 Å². The maximum atomic E-state index is 14.0. The van der Waals surface area contributed by atoms with Crippen LogP contribution in [0.3, 0.4) is 0 Å². The van der Waals surface area contributed by atoms with Crippen molar-refractivity contribution in [2.75, 3.05) is 13.7 Å². The molecule has 128 valence electrons. The number of sulfone groups is 1. The summed E-state index contributed by atoms with van der Waals surface area (Å²) < 4.78 is 62.0. The van der Waals surface area contributed by atoms with E-state index < -0.39 is 20.0 Å². The molecule has 0 unspecified atom stereocenters. The van der Waals surface area contributed by atoms with Crippen molar-refractivity contribution in [1.29, 1.82) is 0 Å². The Morgan fingerprint density at radius 2 is 1.58 bits per heavy atom. The predicted molar refractivity (Wildman–Crippen MR) is 86.2 cm³/mol. The first-order valence-electron chi connectivity index (χ1n) is 6.99. The summed E-state index contributed by atoms with van der Waals surface area (Å²) in [5.74, 6) is 1.09. The van der Waals surface area contributed by atoms with Gasteiger partial charge in [-0.3, -0.25) is 0 Å². The number of alkyl halides is 2. The molecule has 0 aliphatic heterocycles. The van der Waals surface area contributed by atoms with E-state index in [1.165, 1.54) is 19.2 Å². The minimum absolute atomic E-state index is 0.188. The zero-order valence-corrected chi connectivity index (χ0v) is 13.7. The highest BCUT2D eigenvalue weighted by molar-refractivity contribution is 7.92. The minimum atomic E-state index is -4.78. The van der Waals surface area contributed by atoms with Crippen LogP contribution >= 0.6 is 0 Å². The van der Waals surface area contributed by atoms with E-state index in [2.05, 4.69) is 0 Å². The molecule has 0 radical (unpaired) electrons. The molecule has 7 heteroatoms. The highest BCUT2D eigenvalue weighted by Gasteiger charge is 2.43. The Balaban J connectivity index is 2.01. The maximum absolute atomic E-state index is 14.0. The van der Waals surface area contributed by atoms with Crippen LogP contribution in [-0.4, -0.2) is 27.4 Å². The Labute approximate surface area is 139 Å². The van der Waals surface area contributed by atoms with Gasteiger partial charge in [0.25, 0.3) is 0 Å². The van der Waals surface area contributed by atoms with Crippen LogP contribution in [0.5, 0.6) is 11.5 Å². The highest BCUT2D eigenvalue weighted by Crippen LogP contribution is 2.30. The van der Waals surface area contributed by atoms with Gasteiger partial charge in [-0.2, -0.15) is 8.78 Å². The third kappa shape index (κ3) is 4.11. The quantitative estimate of drug-likeness (QED) is 0.712. The zero-order valence-electron chi connectivity index (χ0n) is 12.9. The lowest BCUT2D eigenvalue weighted by Gasteiger charge is -2.13. The van der Waals surface area contributed by atoms with Crippen molar-refractivity contribution in [2.45, 2.75) is 10.2 Å². The van der Waals surface area contributed by atoms with Crippen molar-refractivity contribution in [3.8, 4) is 11.5 Å². The Hall–Kier alpha value is -2.41. The van der Waals surface area contributed by atoms with Crippen molar-refractivity contribution in [3.63, 3.8) is 0 Å². The topological polar surface area (TPSA) is 52.6 Å². The second-order valence-corrected chi connectivity index (χ2v) is 6.79. The largest absolute Gasteiger partial charge is 0.497 e. The minimum Gasteiger partial charge on any atom is -0.497 e. The second-order valence-electron chi connectivity index (χ2n) is 4.77. The number of ether oxygens (including phenoxy) is 2. The average molecular weight is 354 g/mol. The molecule has 4 nitrogen and oxygen atoms in total. The zero-order chi connectivity index (χ0) is 17.6. The predicted octanol–water partition coefficient (Wildman–Crippen LogP) is 3.70.